The molecular formula is C21H22N4O4. The zero-order valence-corrected chi connectivity index (χ0v) is 16.3. The minimum Gasteiger partial charge on any atom is -0.476 e. The highest BCUT2D eigenvalue weighted by atomic mass is 16.4. The molecule has 1 atom stereocenters. The van der Waals surface area contributed by atoms with E-state index in [4.69, 9.17) is 0 Å². The van der Waals surface area contributed by atoms with Crippen LogP contribution in [0.2, 0.25) is 0 Å². The second-order valence-corrected chi connectivity index (χ2v) is 7.29. The van der Waals surface area contributed by atoms with Gasteiger partial charge in [-0.1, -0.05) is 25.1 Å². The summed E-state index contributed by atoms with van der Waals surface area (Å²) in [7, 11) is 0. The van der Waals surface area contributed by atoms with Crippen LogP contribution in [0.3, 0.4) is 0 Å². The molecule has 1 aliphatic heterocycles. The highest BCUT2D eigenvalue weighted by molar-refractivity contribution is 6.07. The summed E-state index contributed by atoms with van der Waals surface area (Å²) in [5.41, 5.74) is 2.82. The number of amides is 1. The molecule has 8 heteroatoms. The number of carboxylic acid groups (broad SMARTS) is 1. The number of nitrogens with one attached hydrogen (secondary N) is 1. The van der Waals surface area contributed by atoms with Gasteiger partial charge >= 0.3 is 5.97 Å². The number of hydrogen-bond acceptors (Lipinski definition) is 4. The molecular weight excluding hydrogens is 372 g/mol. The van der Waals surface area contributed by atoms with Crippen LogP contribution in [0.1, 0.15) is 58.4 Å². The zero-order chi connectivity index (χ0) is 20.7. The number of rotatable bonds is 5. The lowest BCUT2D eigenvalue weighted by atomic mass is 10.0. The van der Waals surface area contributed by atoms with Crippen molar-refractivity contribution in [1.29, 1.82) is 0 Å². The number of para-hydroxylation sites is 1. The van der Waals surface area contributed by atoms with E-state index in [2.05, 4.69) is 10.2 Å². The minimum atomic E-state index is -1.07. The van der Waals surface area contributed by atoms with Crippen molar-refractivity contribution in [2.75, 3.05) is 6.54 Å². The Morgan fingerprint density at radius 1 is 1.28 bits per heavy atom. The van der Waals surface area contributed by atoms with E-state index in [9.17, 15) is 19.5 Å². The molecule has 0 fully saturated rings. The van der Waals surface area contributed by atoms with E-state index in [-0.39, 0.29) is 17.4 Å². The molecule has 0 saturated carbocycles. The quantitative estimate of drug-likeness (QED) is 0.647. The van der Waals surface area contributed by atoms with Gasteiger partial charge in [-0.05, 0) is 25.8 Å². The number of aromatic carboxylic acids is 1. The summed E-state index contributed by atoms with van der Waals surface area (Å²) < 4.78 is 1.89. The van der Waals surface area contributed by atoms with Gasteiger partial charge < -0.3 is 14.6 Å². The molecule has 3 aromatic rings. The third-order valence-corrected chi connectivity index (χ3v) is 5.58. The van der Waals surface area contributed by atoms with Crippen LogP contribution in [-0.2, 0) is 17.8 Å². The number of H-pyrrole nitrogens is 1. The largest absolute Gasteiger partial charge is 0.476 e. The van der Waals surface area contributed by atoms with E-state index in [1.807, 2.05) is 35.8 Å². The fraction of sp³-hybridized carbons (Fsp3) is 0.333. The first-order valence-electron chi connectivity index (χ1n) is 9.61. The Bertz CT molecular complexity index is 1130. The van der Waals surface area contributed by atoms with Crippen LogP contribution in [-0.4, -0.2) is 49.0 Å². The number of nitrogens with zero attached hydrogens (tertiary/aromatic N) is 3. The van der Waals surface area contributed by atoms with Crippen LogP contribution in [0.4, 0.5) is 0 Å². The number of aromatic amines is 1. The number of aromatic nitrogens is 3. The van der Waals surface area contributed by atoms with E-state index in [1.165, 1.54) is 6.92 Å². The molecule has 150 valence electrons. The summed E-state index contributed by atoms with van der Waals surface area (Å²) in [5.74, 6) is -1.16. The Morgan fingerprint density at radius 3 is 2.72 bits per heavy atom. The molecule has 8 nitrogen and oxygen atoms in total. The Labute approximate surface area is 167 Å². The summed E-state index contributed by atoms with van der Waals surface area (Å²) >= 11 is 0. The lowest BCUT2D eigenvalue weighted by molar-refractivity contribution is -0.135. The molecule has 29 heavy (non-hydrogen) atoms. The van der Waals surface area contributed by atoms with Crippen molar-refractivity contribution in [3.8, 4) is 0 Å². The normalized spacial score (nSPS) is 14.6. The standard InChI is InChI=1S/C21H22N4O4/c1-3-17(25-10-15(12(2)26)13-6-4-5-7-18(13)25)20(27)24-9-8-14-16(11-24)22-23-19(14)21(28)29/h4-7,10,17H,3,8-9,11H2,1-2H3,(H,22,23)(H,28,29). The molecule has 1 unspecified atom stereocenters. The number of carboxylic acids is 1. The molecule has 0 spiro atoms. The van der Waals surface area contributed by atoms with Crippen molar-refractivity contribution in [2.45, 2.75) is 39.3 Å². The molecule has 2 aromatic heterocycles. The van der Waals surface area contributed by atoms with Crippen LogP contribution in [0.15, 0.2) is 30.5 Å². The number of carbonyl (C=O) groups excluding carboxylic acids is 2. The molecule has 0 radical (unpaired) electrons. The smallest absolute Gasteiger partial charge is 0.356 e. The van der Waals surface area contributed by atoms with Gasteiger partial charge in [0.05, 0.1) is 12.2 Å². The lowest BCUT2D eigenvalue weighted by Gasteiger charge is -2.31. The molecule has 0 bridgehead atoms. The lowest BCUT2D eigenvalue weighted by Crippen LogP contribution is -2.40. The average molecular weight is 394 g/mol. The second kappa shape index (κ2) is 7.20. The van der Waals surface area contributed by atoms with Crippen LogP contribution in [0.5, 0.6) is 0 Å². The molecule has 4 rings (SSSR count). The van der Waals surface area contributed by atoms with Crippen molar-refractivity contribution in [3.63, 3.8) is 0 Å². The topological polar surface area (TPSA) is 108 Å². The van der Waals surface area contributed by atoms with Crippen molar-refractivity contribution in [3.05, 3.63) is 53.0 Å². The maximum Gasteiger partial charge on any atom is 0.356 e. The molecule has 0 saturated heterocycles. The minimum absolute atomic E-state index is 0.0293. The molecule has 3 heterocycles. The van der Waals surface area contributed by atoms with Gasteiger partial charge in [-0.2, -0.15) is 5.10 Å². The average Bonchev–Trinajstić information content (AvgIpc) is 3.30. The molecule has 1 amide bonds. The Morgan fingerprint density at radius 2 is 2.03 bits per heavy atom. The number of benzene rings is 1. The third kappa shape index (κ3) is 3.10. The Balaban J connectivity index is 1.67. The first kappa shape index (κ1) is 18.9. The van der Waals surface area contributed by atoms with Crippen LogP contribution in [0.25, 0.3) is 10.9 Å². The Kier molecular flexibility index (Phi) is 4.70. The van der Waals surface area contributed by atoms with Crippen LogP contribution >= 0.6 is 0 Å². The fourth-order valence-electron chi connectivity index (χ4n) is 4.13. The number of Topliss-reactive ketones (excluding diaryl/α,β-unsaturated/α-hetero) is 1. The van der Waals surface area contributed by atoms with Crippen molar-refractivity contribution in [2.24, 2.45) is 0 Å². The van der Waals surface area contributed by atoms with Gasteiger partial charge in [-0.15, -0.1) is 0 Å². The van der Waals surface area contributed by atoms with Gasteiger partial charge in [0, 0.05) is 34.8 Å². The molecule has 2 N–H and O–H groups in total. The predicted molar refractivity (Wildman–Crippen MR) is 106 cm³/mol. The molecule has 0 aliphatic carbocycles. The maximum absolute atomic E-state index is 13.4. The third-order valence-electron chi connectivity index (χ3n) is 5.58. The van der Waals surface area contributed by atoms with Gasteiger partial charge in [-0.25, -0.2) is 4.79 Å². The van der Waals surface area contributed by atoms with E-state index in [0.29, 0.717) is 42.8 Å². The summed E-state index contributed by atoms with van der Waals surface area (Å²) in [6, 6.07) is 7.14. The van der Waals surface area contributed by atoms with Crippen molar-refractivity contribution in [1.82, 2.24) is 19.7 Å². The van der Waals surface area contributed by atoms with Crippen molar-refractivity contribution >= 4 is 28.6 Å². The van der Waals surface area contributed by atoms with Gasteiger partial charge in [0.25, 0.3) is 0 Å². The van der Waals surface area contributed by atoms with Crippen molar-refractivity contribution < 1.29 is 19.5 Å². The Hall–Kier alpha value is -3.42. The van der Waals surface area contributed by atoms with E-state index >= 15 is 0 Å². The van der Waals surface area contributed by atoms with Crippen LogP contribution < -0.4 is 0 Å². The first-order chi connectivity index (χ1) is 13.9. The van der Waals surface area contributed by atoms with Crippen LogP contribution in [0, 0.1) is 0 Å². The van der Waals surface area contributed by atoms with E-state index < -0.39 is 12.0 Å². The van der Waals surface area contributed by atoms with Gasteiger partial charge in [0.2, 0.25) is 5.91 Å². The second-order valence-electron chi connectivity index (χ2n) is 7.29. The first-order valence-corrected chi connectivity index (χ1v) is 9.61. The highest BCUT2D eigenvalue weighted by Gasteiger charge is 2.31. The number of hydrogen-bond donors (Lipinski definition) is 2. The van der Waals surface area contributed by atoms with Gasteiger partial charge in [-0.3, -0.25) is 14.7 Å². The monoisotopic (exact) mass is 394 g/mol. The van der Waals surface area contributed by atoms with E-state index in [1.54, 1.807) is 11.1 Å². The highest BCUT2D eigenvalue weighted by Crippen LogP contribution is 2.29. The SMILES string of the molecule is CCC(C(=O)N1CCc2c(C(=O)O)n[nH]c2C1)n1cc(C(C)=O)c2ccccc21. The summed E-state index contributed by atoms with van der Waals surface area (Å²) in [6.45, 7) is 4.20. The zero-order valence-electron chi connectivity index (χ0n) is 16.3. The number of fused-ring (bicyclic) bond motifs is 2. The van der Waals surface area contributed by atoms with E-state index in [0.717, 1.165) is 10.9 Å². The maximum atomic E-state index is 13.4. The number of ketones is 1. The summed E-state index contributed by atoms with van der Waals surface area (Å²) in [4.78, 5) is 38.5. The summed E-state index contributed by atoms with van der Waals surface area (Å²) in [5, 5.41) is 16.7. The van der Waals surface area contributed by atoms with Gasteiger partial charge in [0.15, 0.2) is 11.5 Å². The number of carbonyl (C=O) groups is 3. The predicted octanol–water partition coefficient (Wildman–Crippen LogP) is 2.80. The molecule has 1 aliphatic rings. The summed E-state index contributed by atoms with van der Waals surface area (Å²) in [6.07, 6.45) is 2.79. The fourth-order valence-corrected chi connectivity index (χ4v) is 4.13. The van der Waals surface area contributed by atoms with Gasteiger partial charge in [0.1, 0.15) is 6.04 Å². The molecule has 1 aromatic carbocycles.